The van der Waals surface area contributed by atoms with Crippen LogP contribution < -0.4 is 11.2 Å². The number of ether oxygens (including phenoxy) is 2. The Morgan fingerprint density at radius 2 is 2.09 bits per heavy atom. The predicted molar refractivity (Wildman–Crippen MR) is 81.5 cm³/mol. The predicted octanol–water partition coefficient (Wildman–Crippen LogP) is -1.88. The van der Waals surface area contributed by atoms with Crippen LogP contribution in [0.25, 0.3) is 0 Å². The molecule has 0 unspecified atom stereocenters. The molecular formula is C10H17N2Na2O7P. The van der Waals surface area contributed by atoms with Gasteiger partial charge in [-0.3, -0.25) is 14.3 Å². The molecule has 0 aromatic carbocycles. The number of hydrogen-bond acceptors (Lipinski definition) is 5. The van der Waals surface area contributed by atoms with Gasteiger partial charge in [-0.25, -0.2) is 9.36 Å². The molecule has 0 saturated carbocycles. The van der Waals surface area contributed by atoms with Gasteiger partial charge in [0.2, 0.25) is 0 Å². The summed E-state index contributed by atoms with van der Waals surface area (Å²) >= 11 is 0. The second-order valence-corrected chi connectivity index (χ2v) is 6.13. The van der Waals surface area contributed by atoms with E-state index in [0.29, 0.717) is 6.42 Å². The molecular weight excluding hydrogens is 337 g/mol. The summed E-state index contributed by atoms with van der Waals surface area (Å²) in [5.74, 6) is -1.59. The first-order valence-corrected chi connectivity index (χ1v) is 7.69. The third kappa shape index (κ3) is 5.39. The number of nitrogens with one attached hydrogen (secondary N) is 1. The van der Waals surface area contributed by atoms with Gasteiger partial charge in [-0.05, 0) is 13.3 Å². The minimum absolute atomic E-state index is 0. The van der Waals surface area contributed by atoms with E-state index in [4.69, 9.17) is 19.3 Å². The Kier molecular flexibility index (Phi) is 9.03. The number of H-pyrrole nitrogens is 1. The number of hydrogen-bond donors (Lipinski definition) is 3. The summed E-state index contributed by atoms with van der Waals surface area (Å²) in [5.41, 5.74) is -1.03. The van der Waals surface area contributed by atoms with E-state index in [1.54, 1.807) is 0 Å². The topological polar surface area (TPSA) is 131 Å². The molecule has 9 nitrogen and oxygen atoms in total. The van der Waals surface area contributed by atoms with E-state index in [9.17, 15) is 14.2 Å². The van der Waals surface area contributed by atoms with Crippen LogP contribution in [0, 0.1) is 6.92 Å². The van der Waals surface area contributed by atoms with E-state index in [1.807, 2.05) is 0 Å². The zero-order chi connectivity index (χ0) is 15.0. The summed E-state index contributed by atoms with van der Waals surface area (Å²) in [6.45, 7) is 1.78. The van der Waals surface area contributed by atoms with Crippen LogP contribution in [0.1, 0.15) is 18.4 Å². The first-order chi connectivity index (χ1) is 9.23. The quantitative estimate of drug-likeness (QED) is 0.426. The number of aryl methyl sites for hydroxylation is 1. The SMILES string of the molecule is Cc1cn([C@@]2(OCP(=O)(O)O)CCCO2)c(=O)[nH]c1=O.[NaH].[NaH]. The van der Waals surface area contributed by atoms with Crippen molar-refractivity contribution in [1.29, 1.82) is 0 Å². The first kappa shape index (κ1) is 22.8. The van der Waals surface area contributed by atoms with Crippen LogP contribution in [0.2, 0.25) is 0 Å². The molecule has 1 aromatic rings. The molecule has 1 atom stereocenters. The van der Waals surface area contributed by atoms with E-state index in [2.05, 4.69) is 4.98 Å². The summed E-state index contributed by atoms with van der Waals surface area (Å²) in [6, 6.07) is 0. The fourth-order valence-electron chi connectivity index (χ4n) is 1.98. The number of rotatable bonds is 4. The second kappa shape index (κ2) is 8.73. The Morgan fingerprint density at radius 3 is 2.59 bits per heavy atom. The molecule has 0 amide bonds. The first-order valence-electron chi connectivity index (χ1n) is 5.89. The number of nitrogens with zero attached hydrogens (tertiary/aromatic N) is 1. The second-order valence-electron chi connectivity index (χ2n) is 4.54. The molecule has 22 heavy (non-hydrogen) atoms. The monoisotopic (exact) mass is 354 g/mol. The Bertz CT molecular complexity index is 662. The van der Waals surface area contributed by atoms with Crippen molar-refractivity contribution in [2.45, 2.75) is 25.7 Å². The summed E-state index contributed by atoms with van der Waals surface area (Å²) in [7, 11) is -4.41. The number of aromatic nitrogens is 2. The van der Waals surface area contributed by atoms with Crippen molar-refractivity contribution in [3.8, 4) is 0 Å². The molecule has 0 spiro atoms. The maximum absolute atomic E-state index is 11.9. The molecule has 116 valence electrons. The van der Waals surface area contributed by atoms with Gasteiger partial charge >= 0.3 is 72.4 Å². The van der Waals surface area contributed by atoms with Crippen LogP contribution in [-0.4, -0.2) is 91.4 Å². The van der Waals surface area contributed by atoms with Crippen LogP contribution in [-0.2, 0) is 19.9 Å². The van der Waals surface area contributed by atoms with Crippen molar-refractivity contribution < 1.29 is 23.8 Å². The Morgan fingerprint density at radius 1 is 1.45 bits per heavy atom. The van der Waals surface area contributed by atoms with Crippen LogP contribution in [0.15, 0.2) is 15.8 Å². The van der Waals surface area contributed by atoms with Gasteiger partial charge in [0.25, 0.3) is 11.5 Å². The summed E-state index contributed by atoms with van der Waals surface area (Å²) in [5, 5.41) is 0. The average Bonchev–Trinajstić information content (AvgIpc) is 2.80. The van der Waals surface area contributed by atoms with Crippen molar-refractivity contribution in [2.75, 3.05) is 13.0 Å². The zero-order valence-corrected chi connectivity index (χ0v) is 11.6. The molecule has 1 aliphatic rings. The number of aromatic amines is 1. The van der Waals surface area contributed by atoms with E-state index in [0.717, 1.165) is 4.57 Å². The van der Waals surface area contributed by atoms with Crippen molar-refractivity contribution >= 4 is 66.7 Å². The maximum atomic E-state index is 11.9. The third-order valence-corrected chi connectivity index (χ3v) is 3.38. The van der Waals surface area contributed by atoms with Crippen molar-refractivity contribution in [2.24, 2.45) is 0 Å². The summed E-state index contributed by atoms with van der Waals surface area (Å²) < 4.78 is 22.5. The third-order valence-electron chi connectivity index (χ3n) is 2.91. The van der Waals surface area contributed by atoms with Crippen LogP contribution in [0.4, 0.5) is 0 Å². The van der Waals surface area contributed by atoms with E-state index in [-0.39, 0.29) is 77.7 Å². The fraction of sp³-hybridized carbons (Fsp3) is 0.600. The van der Waals surface area contributed by atoms with E-state index >= 15 is 0 Å². The summed E-state index contributed by atoms with van der Waals surface area (Å²) in [4.78, 5) is 43.1. The van der Waals surface area contributed by atoms with Crippen LogP contribution >= 0.6 is 7.60 Å². The Balaban J connectivity index is 0.00000220. The Hall–Kier alpha value is 0.750. The Labute approximate surface area is 170 Å². The molecule has 12 heteroatoms. The minimum atomic E-state index is -4.41. The molecule has 2 rings (SSSR count). The van der Waals surface area contributed by atoms with Gasteiger partial charge in [0.15, 0.2) is 6.35 Å². The van der Waals surface area contributed by atoms with Gasteiger partial charge < -0.3 is 19.3 Å². The molecule has 0 bridgehead atoms. The molecule has 0 radical (unpaired) electrons. The van der Waals surface area contributed by atoms with Gasteiger partial charge in [0.05, 0.1) is 6.61 Å². The van der Waals surface area contributed by atoms with Gasteiger partial charge in [0.1, 0.15) is 0 Å². The van der Waals surface area contributed by atoms with Crippen LogP contribution in [0.3, 0.4) is 0 Å². The van der Waals surface area contributed by atoms with Gasteiger partial charge in [0, 0.05) is 18.2 Å². The van der Waals surface area contributed by atoms with Gasteiger partial charge in [-0.1, -0.05) is 0 Å². The van der Waals surface area contributed by atoms with E-state index < -0.39 is 31.1 Å². The van der Waals surface area contributed by atoms with Crippen molar-refractivity contribution in [3.63, 3.8) is 0 Å². The van der Waals surface area contributed by atoms with Crippen LogP contribution in [0.5, 0.6) is 0 Å². The average molecular weight is 354 g/mol. The summed E-state index contributed by atoms with van der Waals surface area (Å²) in [6.07, 6.45) is 1.19. The standard InChI is InChI=1S/C10H15N2O7P.2Na.2H/c1-7-5-12(9(14)11-8(7)13)10(3-2-4-18-10)19-6-20(15,16)17;;;;/h5H,2-4,6H2,1H3,(H,11,13,14)(H2,15,16,17);;;;/t10-;;;;/m0..../s1. The molecule has 1 saturated heterocycles. The molecule has 2 heterocycles. The van der Waals surface area contributed by atoms with Gasteiger partial charge in [-0.15, -0.1) is 0 Å². The molecule has 0 aliphatic carbocycles. The zero-order valence-electron chi connectivity index (χ0n) is 10.7. The normalized spacial score (nSPS) is 21.0. The van der Waals surface area contributed by atoms with Crippen molar-refractivity contribution in [3.05, 3.63) is 32.6 Å². The fourth-order valence-corrected chi connectivity index (χ4v) is 2.35. The molecule has 1 aliphatic heterocycles. The molecule has 1 fully saturated rings. The molecule has 3 N–H and O–H groups in total. The molecule has 1 aromatic heterocycles. The van der Waals surface area contributed by atoms with E-state index in [1.165, 1.54) is 13.1 Å². The van der Waals surface area contributed by atoms with Gasteiger partial charge in [-0.2, -0.15) is 0 Å². The van der Waals surface area contributed by atoms with Crippen molar-refractivity contribution in [1.82, 2.24) is 9.55 Å².